The van der Waals surface area contributed by atoms with Gasteiger partial charge in [-0.2, -0.15) is 0 Å². The molecule has 1 aromatic rings. The Bertz CT molecular complexity index is 516. The molecule has 1 amide bonds. The number of carboxylic acids is 1. The molecule has 0 saturated heterocycles. The zero-order chi connectivity index (χ0) is 17.9. The molecule has 0 aliphatic carbocycles. The van der Waals surface area contributed by atoms with Crippen LogP contribution in [-0.2, 0) is 9.59 Å². The van der Waals surface area contributed by atoms with Gasteiger partial charge in [0, 0.05) is 37.2 Å². The highest BCUT2D eigenvalue weighted by atomic mass is 35.5. The van der Waals surface area contributed by atoms with Gasteiger partial charge >= 0.3 is 5.97 Å². The zero-order valence-corrected chi connectivity index (χ0v) is 15.2. The molecule has 1 atom stereocenters. The molecule has 24 heavy (non-hydrogen) atoms. The quantitative estimate of drug-likeness (QED) is 0.602. The number of ether oxygens (including phenoxy) is 1. The summed E-state index contributed by atoms with van der Waals surface area (Å²) in [5.41, 5.74) is 0.797. The van der Waals surface area contributed by atoms with E-state index in [9.17, 15) is 9.59 Å². The van der Waals surface area contributed by atoms with Crippen LogP contribution < -0.4 is 4.74 Å². The number of rotatable bonds is 11. The number of aliphatic carboxylic acids is 1. The van der Waals surface area contributed by atoms with Gasteiger partial charge in [0.05, 0.1) is 13.0 Å². The van der Waals surface area contributed by atoms with Gasteiger partial charge in [-0.25, -0.2) is 0 Å². The summed E-state index contributed by atoms with van der Waals surface area (Å²) in [6, 6.07) is 7.18. The first-order valence-electron chi connectivity index (χ1n) is 7.86. The van der Waals surface area contributed by atoms with Gasteiger partial charge in [-0.05, 0) is 24.6 Å². The van der Waals surface area contributed by atoms with Crippen molar-refractivity contribution in [3.05, 3.63) is 29.8 Å². The Morgan fingerprint density at radius 2 is 1.71 bits per heavy atom. The molecule has 0 radical (unpaired) electrons. The zero-order valence-electron chi connectivity index (χ0n) is 13.7. The number of hydrogen-bond acceptors (Lipinski definition) is 3. The second-order valence-corrected chi connectivity index (χ2v) is 6.02. The van der Waals surface area contributed by atoms with Crippen LogP contribution in [-0.4, -0.2) is 53.3 Å². The number of carbonyl (C=O) groups is 2. The molecule has 5 nitrogen and oxygen atoms in total. The Morgan fingerprint density at radius 3 is 2.17 bits per heavy atom. The summed E-state index contributed by atoms with van der Waals surface area (Å²) < 4.78 is 5.38. The highest BCUT2D eigenvalue weighted by Crippen LogP contribution is 2.26. The van der Waals surface area contributed by atoms with E-state index in [1.165, 1.54) is 0 Å². The molecule has 7 heteroatoms. The second kappa shape index (κ2) is 11.2. The Hall–Kier alpha value is -1.46. The highest BCUT2D eigenvalue weighted by Gasteiger charge is 2.22. The van der Waals surface area contributed by atoms with E-state index in [0.29, 0.717) is 37.2 Å². The predicted octanol–water partition coefficient (Wildman–Crippen LogP) is 3.34. The highest BCUT2D eigenvalue weighted by molar-refractivity contribution is 6.18. The Balaban J connectivity index is 2.87. The minimum Gasteiger partial charge on any atom is -0.494 e. The Kier molecular flexibility index (Phi) is 9.57. The van der Waals surface area contributed by atoms with E-state index in [-0.39, 0.29) is 18.7 Å². The summed E-state index contributed by atoms with van der Waals surface area (Å²) >= 11 is 11.4. The molecular weight excluding hydrogens is 353 g/mol. The molecule has 0 aliphatic rings. The third-order valence-electron chi connectivity index (χ3n) is 3.57. The second-order valence-electron chi connectivity index (χ2n) is 5.26. The van der Waals surface area contributed by atoms with Crippen molar-refractivity contribution in [3.63, 3.8) is 0 Å². The van der Waals surface area contributed by atoms with Gasteiger partial charge in [0.2, 0.25) is 5.91 Å². The number of hydrogen-bond donors (Lipinski definition) is 1. The molecule has 0 fully saturated rings. The number of carbonyl (C=O) groups excluding carboxylic acids is 1. The van der Waals surface area contributed by atoms with E-state index in [4.69, 9.17) is 33.0 Å². The number of halogens is 2. The first-order valence-corrected chi connectivity index (χ1v) is 8.93. The van der Waals surface area contributed by atoms with Crippen molar-refractivity contribution in [3.8, 4) is 5.75 Å². The maximum Gasteiger partial charge on any atom is 0.303 e. The standard InChI is InChI=1S/C17H23Cl2NO4/c1-2-24-15-5-3-13(4-6-15)14(12-17(22)23)11-16(21)20(9-7-18)10-8-19/h3-6,14H,2,7-12H2,1H3,(H,22,23)/t14-/m0/s1. The lowest BCUT2D eigenvalue weighted by Gasteiger charge is -2.23. The molecule has 0 saturated carbocycles. The Labute approximate surface area is 152 Å². The molecule has 1 rings (SSSR count). The van der Waals surface area contributed by atoms with Crippen molar-refractivity contribution in [1.29, 1.82) is 0 Å². The van der Waals surface area contributed by atoms with Crippen LogP contribution in [0, 0.1) is 0 Å². The molecule has 134 valence electrons. The lowest BCUT2D eigenvalue weighted by Crippen LogP contribution is -2.35. The van der Waals surface area contributed by atoms with Gasteiger partial charge in [-0.3, -0.25) is 9.59 Å². The summed E-state index contributed by atoms with van der Waals surface area (Å²) in [7, 11) is 0. The van der Waals surface area contributed by atoms with Crippen LogP contribution in [0.25, 0.3) is 0 Å². The molecule has 0 heterocycles. The third kappa shape index (κ3) is 6.97. The summed E-state index contributed by atoms with van der Waals surface area (Å²) in [5, 5.41) is 9.15. The van der Waals surface area contributed by atoms with Crippen LogP contribution >= 0.6 is 23.2 Å². The maximum absolute atomic E-state index is 12.4. The van der Waals surface area contributed by atoms with Crippen molar-refractivity contribution in [2.75, 3.05) is 31.5 Å². The van der Waals surface area contributed by atoms with Crippen molar-refractivity contribution >= 4 is 35.1 Å². The van der Waals surface area contributed by atoms with Crippen LogP contribution in [0.1, 0.15) is 31.2 Å². The van der Waals surface area contributed by atoms with E-state index in [1.54, 1.807) is 29.2 Å². The van der Waals surface area contributed by atoms with Gasteiger partial charge in [0.15, 0.2) is 0 Å². The van der Waals surface area contributed by atoms with Crippen LogP contribution in [0.2, 0.25) is 0 Å². The van der Waals surface area contributed by atoms with E-state index in [0.717, 1.165) is 5.56 Å². The molecule has 0 aromatic heterocycles. The monoisotopic (exact) mass is 375 g/mol. The van der Waals surface area contributed by atoms with Crippen molar-refractivity contribution in [2.45, 2.75) is 25.7 Å². The largest absolute Gasteiger partial charge is 0.494 e. The van der Waals surface area contributed by atoms with Gasteiger partial charge in [-0.1, -0.05) is 12.1 Å². The predicted molar refractivity (Wildman–Crippen MR) is 95.2 cm³/mol. The van der Waals surface area contributed by atoms with Gasteiger partial charge in [-0.15, -0.1) is 23.2 Å². The smallest absolute Gasteiger partial charge is 0.303 e. The fraction of sp³-hybridized carbons (Fsp3) is 0.529. The number of nitrogens with zero attached hydrogens (tertiary/aromatic N) is 1. The summed E-state index contributed by atoms with van der Waals surface area (Å²) in [4.78, 5) is 25.2. The van der Waals surface area contributed by atoms with Gasteiger partial charge in [0.1, 0.15) is 5.75 Å². The maximum atomic E-state index is 12.4. The fourth-order valence-corrected chi connectivity index (χ4v) is 2.83. The molecular formula is C17H23Cl2NO4. The molecule has 0 aliphatic heterocycles. The van der Waals surface area contributed by atoms with E-state index >= 15 is 0 Å². The molecule has 0 spiro atoms. The molecule has 1 aromatic carbocycles. The normalized spacial score (nSPS) is 11.8. The lowest BCUT2D eigenvalue weighted by atomic mass is 9.92. The molecule has 0 bridgehead atoms. The number of carboxylic acid groups (broad SMARTS) is 1. The summed E-state index contributed by atoms with van der Waals surface area (Å²) in [5.74, 6) is -0.143. The average Bonchev–Trinajstić information content (AvgIpc) is 2.54. The molecule has 1 N–H and O–H groups in total. The van der Waals surface area contributed by atoms with Crippen LogP contribution in [0.3, 0.4) is 0 Å². The average molecular weight is 376 g/mol. The summed E-state index contributed by atoms with van der Waals surface area (Å²) in [6.07, 6.45) is -0.0105. The SMILES string of the molecule is CCOc1ccc([C@H](CC(=O)O)CC(=O)N(CCCl)CCCl)cc1. The number of benzene rings is 1. The minimum atomic E-state index is -0.942. The minimum absolute atomic E-state index is 0.105. The first-order chi connectivity index (χ1) is 11.5. The van der Waals surface area contributed by atoms with Crippen molar-refractivity contribution in [2.24, 2.45) is 0 Å². The van der Waals surface area contributed by atoms with Crippen LogP contribution in [0.4, 0.5) is 0 Å². The molecule has 0 unspecified atom stereocenters. The van der Waals surface area contributed by atoms with Crippen molar-refractivity contribution < 1.29 is 19.4 Å². The number of amides is 1. The number of alkyl halides is 2. The van der Waals surface area contributed by atoms with E-state index in [1.807, 2.05) is 6.92 Å². The van der Waals surface area contributed by atoms with Gasteiger partial charge in [0.25, 0.3) is 0 Å². The fourth-order valence-electron chi connectivity index (χ4n) is 2.43. The van der Waals surface area contributed by atoms with Gasteiger partial charge < -0.3 is 14.7 Å². The van der Waals surface area contributed by atoms with Crippen molar-refractivity contribution in [1.82, 2.24) is 4.90 Å². The lowest BCUT2D eigenvalue weighted by molar-refractivity contribution is -0.137. The third-order valence-corrected chi connectivity index (χ3v) is 3.90. The van der Waals surface area contributed by atoms with Crippen LogP contribution in [0.15, 0.2) is 24.3 Å². The van der Waals surface area contributed by atoms with Crippen LogP contribution in [0.5, 0.6) is 5.75 Å². The van der Waals surface area contributed by atoms with E-state index in [2.05, 4.69) is 0 Å². The first kappa shape index (κ1) is 20.6. The topological polar surface area (TPSA) is 66.8 Å². The summed E-state index contributed by atoms with van der Waals surface area (Å²) in [6.45, 7) is 3.25. The van der Waals surface area contributed by atoms with E-state index < -0.39 is 11.9 Å². The Morgan fingerprint density at radius 1 is 1.12 bits per heavy atom.